The van der Waals surface area contributed by atoms with Crippen molar-refractivity contribution in [2.75, 3.05) is 0 Å². The Morgan fingerprint density at radius 1 is 1.17 bits per heavy atom. The van der Waals surface area contributed by atoms with Gasteiger partial charge in [0.15, 0.2) is 0 Å². The summed E-state index contributed by atoms with van der Waals surface area (Å²) in [6, 6.07) is 6.68. The highest BCUT2D eigenvalue weighted by molar-refractivity contribution is 6.08. The van der Waals surface area contributed by atoms with E-state index in [1.54, 1.807) is 0 Å². The fourth-order valence-corrected chi connectivity index (χ4v) is 3.06. The van der Waals surface area contributed by atoms with Crippen LogP contribution in [-0.4, -0.2) is 0 Å². The van der Waals surface area contributed by atoms with E-state index in [1.807, 2.05) is 6.08 Å². The van der Waals surface area contributed by atoms with Crippen molar-refractivity contribution in [2.45, 2.75) is 12.8 Å². The zero-order valence-corrected chi connectivity index (χ0v) is 10.2. The van der Waals surface area contributed by atoms with Crippen molar-refractivity contribution in [3.8, 4) is 0 Å². The Morgan fingerprint density at radius 2 is 2.06 bits per heavy atom. The standard InChI is InChI=1S/C18H14/c1-2-14-15-8-4-3-6-12-7-5-9-16(18(12)15)17(14)13-10-11-13/h2-5,7-10H,1,6,11H2. The maximum atomic E-state index is 4.02. The number of benzene rings is 1. The molecule has 1 aromatic carbocycles. The fourth-order valence-electron chi connectivity index (χ4n) is 3.06. The molecular weight excluding hydrogens is 216 g/mol. The Balaban J connectivity index is 2.10. The van der Waals surface area contributed by atoms with Crippen LogP contribution in [0.15, 0.2) is 66.3 Å². The highest BCUT2D eigenvalue weighted by atomic mass is 14.3. The summed E-state index contributed by atoms with van der Waals surface area (Å²) in [7, 11) is 0. The smallest absolute Gasteiger partial charge is 0.00636 e. The van der Waals surface area contributed by atoms with E-state index in [2.05, 4.69) is 49.1 Å². The van der Waals surface area contributed by atoms with Gasteiger partial charge >= 0.3 is 0 Å². The molecule has 4 rings (SSSR count). The molecule has 1 aromatic rings. The summed E-state index contributed by atoms with van der Waals surface area (Å²) < 4.78 is 0. The monoisotopic (exact) mass is 230 g/mol. The molecule has 3 aliphatic rings. The Kier molecular flexibility index (Phi) is 1.90. The van der Waals surface area contributed by atoms with Crippen LogP contribution >= 0.6 is 0 Å². The van der Waals surface area contributed by atoms with Crippen LogP contribution in [0.1, 0.15) is 23.1 Å². The number of hydrogen-bond acceptors (Lipinski definition) is 0. The molecule has 0 spiro atoms. The molecule has 0 heteroatoms. The lowest BCUT2D eigenvalue weighted by atomic mass is 9.96. The van der Waals surface area contributed by atoms with Crippen LogP contribution in [0.4, 0.5) is 0 Å². The molecule has 18 heavy (non-hydrogen) atoms. The van der Waals surface area contributed by atoms with Crippen molar-refractivity contribution in [3.05, 3.63) is 83.0 Å². The number of allylic oxidation sites excluding steroid dienone is 9. The van der Waals surface area contributed by atoms with E-state index in [0.29, 0.717) is 0 Å². The molecule has 0 bridgehead atoms. The molecule has 86 valence electrons. The third-order valence-electron chi connectivity index (χ3n) is 3.92. The van der Waals surface area contributed by atoms with Gasteiger partial charge in [-0.1, -0.05) is 55.2 Å². The van der Waals surface area contributed by atoms with Crippen molar-refractivity contribution in [1.29, 1.82) is 0 Å². The van der Waals surface area contributed by atoms with Gasteiger partial charge < -0.3 is 0 Å². The molecule has 0 unspecified atom stereocenters. The minimum Gasteiger partial charge on any atom is -0.0984 e. The molecule has 0 saturated heterocycles. The Morgan fingerprint density at radius 3 is 2.83 bits per heavy atom. The molecule has 0 aliphatic heterocycles. The molecule has 0 nitrogen and oxygen atoms in total. The summed E-state index contributed by atoms with van der Waals surface area (Å²) in [5, 5.41) is 0. The van der Waals surface area contributed by atoms with E-state index >= 15 is 0 Å². The third kappa shape index (κ3) is 1.20. The summed E-state index contributed by atoms with van der Waals surface area (Å²) in [6.45, 7) is 4.02. The summed E-state index contributed by atoms with van der Waals surface area (Å²) in [4.78, 5) is 0. The van der Waals surface area contributed by atoms with Gasteiger partial charge in [-0.25, -0.2) is 0 Å². The summed E-state index contributed by atoms with van der Waals surface area (Å²) in [6.07, 6.45) is 13.1. The number of rotatable bonds is 2. The molecule has 0 fully saturated rings. The van der Waals surface area contributed by atoms with Gasteiger partial charge in [-0.05, 0) is 51.8 Å². The van der Waals surface area contributed by atoms with E-state index < -0.39 is 0 Å². The summed E-state index contributed by atoms with van der Waals surface area (Å²) >= 11 is 0. The van der Waals surface area contributed by atoms with Gasteiger partial charge in [-0.2, -0.15) is 0 Å². The lowest BCUT2D eigenvalue weighted by Gasteiger charge is -2.08. The first-order valence-corrected chi connectivity index (χ1v) is 6.46. The molecule has 3 aliphatic carbocycles. The van der Waals surface area contributed by atoms with Crippen LogP contribution in [-0.2, 0) is 6.42 Å². The fraction of sp³-hybridized carbons (Fsp3) is 0.111. The van der Waals surface area contributed by atoms with E-state index in [-0.39, 0.29) is 0 Å². The minimum absolute atomic E-state index is 1.03. The van der Waals surface area contributed by atoms with Crippen LogP contribution in [0.3, 0.4) is 0 Å². The van der Waals surface area contributed by atoms with Crippen LogP contribution < -0.4 is 0 Å². The number of hydrogen-bond donors (Lipinski definition) is 0. The second-order valence-corrected chi connectivity index (χ2v) is 4.98. The summed E-state index contributed by atoms with van der Waals surface area (Å²) in [5.41, 5.74) is 9.84. The van der Waals surface area contributed by atoms with Gasteiger partial charge in [0.1, 0.15) is 0 Å². The van der Waals surface area contributed by atoms with E-state index in [4.69, 9.17) is 0 Å². The van der Waals surface area contributed by atoms with E-state index in [9.17, 15) is 0 Å². The summed E-state index contributed by atoms with van der Waals surface area (Å²) in [5.74, 6) is 0. The first kappa shape index (κ1) is 9.90. The lowest BCUT2D eigenvalue weighted by molar-refractivity contribution is 1.26. The van der Waals surface area contributed by atoms with Gasteiger partial charge in [0.05, 0.1) is 0 Å². The average molecular weight is 230 g/mol. The van der Waals surface area contributed by atoms with Crippen molar-refractivity contribution in [1.82, 2.24) is 0 Å². The zero-order chi connectivity index (χ0) is 12.1. The predicted octanol–water partition coefficient (Wildman–Crippen LogP) is 4.47. The quantitative estimate of drug-likeness (QED) is 0.703. The molecule has 0 amide bonds. The largest absolute Gasteiger partial charge is 0.0984 e. The van der Waals surface area contributed by atoms with E-state index in [0.717, 1.165) is 12.8 Å². The highest BCUT2D eigenvalue weighted by Gasteiger charge is 2.30. The normalized spacial score (nSPS) is 19.1. The SMILES string of the molecule is C=CC1=C(C2=CC2)c2cccc3c2C1=CC=CC3. The van der Waals surface area contributed by atoms with Crippen LogP contribution in [0.25, 0.3) is 11.1 Å². The second kappa shape index (κ2) is 3.46. The second-order valence-electron chi connectivity index (χ2n) is 4.98. The average Bonchev–Trinajstić information content (AvgIpc) is 3.18. The Bertz CT molecular complexity index is 691. The van der Waals surface area contributed by atoms with Crippen LogP contribution in [0.2, 0.25) is 0 Å². The van der Waals surface area contributed by atoms with Gasteiger partial charge in [0.2, 0.25) is 0 Å². The molecular formula is C18H14. The molecule has 0 radical (unpaired) electrons. The topological polar surface area (TPSA) is 0 Å². The van der Waals surface area contributed by atoms with Gasteiger partial charge in [0.25, 0.3) is 0 Å². The molecule has 0 aromatic heterocycles. The lowest BCUT2D eigenvalue weighted by Crippen LogP contribution is -1.91. The molecule has 0 saturated carbocycles. The van der Waals surface area contributed by atoms with Crippen molar-refractivity contribution < 1.29 is 0 Å². The maximum Gasteiger partial charge on any atom is -0.00636 e. The van der Waals surface area contributed by atoms with Gasteiger partial charge in [0, 0.05) is 0 Å². The molecule has 0 atom stereocenters. The third-order valence-corrected chi connectivity index (χ3v) is 3.92. The van der Waals surface area contributed by atoms with E-state index in [1.165, 1.54) is 39.0 Å². The Hall–Kier alpha value is -2.08. The minimum atomic E-state index is 1.03. The predicted molar refractivity (Wildman–Crippen MR) is 77.1 cm³/mol. The molecule has 0 heterocycles. The highest BCUT2D eigenvalue weighted by Crippen LogP contribution is 2.50. The van der Waals surface area contributed by atoms with Crippen molar-refractivity contribution in [2.24, 2.45) is 0 Å². The zero-order valence-electron chi connectivity index (χ0n) is 10.2. The van der Waals surface area contributed by atoms with Crippen molar-refractivity contribution >= 4 is 11.1 Å². The van der Waals surface area contributed by atoms with Crippen LogP contribution in [0, 0.1) is 0 Å². The first-order chi connectivity index (χ1) is 8.90. The van der Waals surface area contributed by atoms with Gasteiger partial charge in [-0.15, -0.1) is 0 Å². The van der Waals surface area contributed by atoms with Crippen LogP contribution in [0.5, 0.6) is 0 Å². The first-order valence-electron chi connectivity index (χ1n) is 6.46. The maximum absolute atomic E-state index is 4.02. The van der Waals surface area contributed by atoms with Crippen molar-refractivity contribution in [3.63, 3.8) is 0 Å². The molecule has 0 N–H and O–H groups in total. The van der Waals surface area contributed by atoms with Gasteiger partial charge in [-0.3, -0.25) is 0 Å². The Labute approximate surface area is 107 Å².